The number of aliphatic hydroxyl groups is 2. The lowest BCUT2D eigenvalue weighted by atomic mass is 9.99. The highest BCUT2D eigenvalue weighted by Gasteiger charge is 2.23. The maximum absolute atomic E-state index is 13.7. The van der Waals surface area contributed by atoms with Crippen LogP contribution in [0.3, 0.4) is 0 Å². The van der Waals surface area contributed by atoms with Crippen LogP contribution in [0, 0.1) is 5.82 Å². The van der Waals surface area contributed by atoms with Gasteiger partial charge in [-0.3, -0.25) is 4.79 Å². The maximum Gasteiger partial charge on any atom is 0.337 e. The van der Waals surface area contributed by atoms with E-state index in [1.54, 1.807) is 0 Å². The lowest BCUT2D eigenvalue weighted by Gasteiger charge is -2.19. The Labute approximate surface area is 121 Å². The second-order valence-corrected chi connectivity index (χ2v) is 4.51. The molecule has 0 aliphatic heterocycles. The molecule has 0 saturated carbocycles. The van der Waals surface area contributed by atoms with E-state index in [0.717, 1.165) is 12.1 Å². The molecule has 0 spiro atoms. The number of halogens is 1. The van der Waals surface area contributed by atoms with Gasteiger partial charge < -0.3 is 20.3 Å². The summed E-state index contributed by atoms with van der Waals surface area (Å²) >= 11 is 0. The molecule has 1 rings (SSSR count). The predicted molar refractivity (Wildman–Crippen MR) is 72.0 cm³/mol. The van der Waals surface area contributed by atoms with Crippen LogP contribution in [0.4, 0.5) is 4.39 Å². The molecule has 6 nitrogen and oxygen atoms in total. The Balaban J connectivity index is 2.82. The normalized spacial score (nSPS) is 13.4. The largest absolute Gasteiger partial charge is 0.465 e. The molecule has 116 valence electrons. The van der Waals surface area contributed by atoms with E-state index in [1.807, 2.05) is 0 Å². The lowest BCUT2D eigenvalue weighted by molar-refractivity contribution is -0.119. The summed E-state index contributed by atoms with van der Waals surface area (Å²) in [6.07, 6.45) is -2.74. The Bertz CT molecular complexity index is 520. The Morgan fingerprint density at radius 1 is 1.38 bits per heavy atom. The van der Waals surface area contributed by atoms with E-state index in [9.17, 15) is 24.2 Å². The molecule has 0 aliphatic rings. The van der Waals surface area contributed by atoms with Crippen LogP contribution in [0.15, 0.2) is 18.2 Å². The van der Waals surface area contributed by atoms with Gasteiger partial charge in [0.2, 0.25) is 5.91 Å². The molecule has 1 aromatic rings. The first-order chi connectivity index (χ1) is 9.86. The summed E-state index contributed by atoms with van der Waals surface area (Å²) in [6.45, 7) is 1.47. The fraction of sp³-hybridized carbons (Fsp3) is 0.429. The average molecular weight is 299 g/mol. The molecular formula is C14H18FNO5. The number of hydrogen-bond acceptors (Lipinski definition) is 5. The second kappa shape index (κ2) is 7.70. The van der Waals surface area contributed by atoms with Crippen molar-refractivity contribution in [3.63, 3.8) is 0 Å². The molecule has 0 aromatic heterocycles. The molecule has 3 N–H and O–H groups in total. The van der Waals surface area contributed by atoms with Crippen LogP contribution in [0.1, 0.15) is 35.4 Å². The van der Waals surface area contributed by atoms with E-state index in [0.29, 0.717) is 0 Å². The van der Waals surface area contributed by atoms with Crippen molar-refractivity contribution >= 4 is 11.9 Å². The van der Waals surface area contributed by atoms with Crippen LogP contribution in [0.5, 0.6) is 0 Å². The summed E-state index contributed by atoms with van der Waals surface area (Å²) in [4.78, 5) is 22.1. The first-order valence-corrected chi connectivity index (χ1v) is 6.35. The molecule has 1 aromatic carbocycles. The molecule has 0 saturated heterocycles. The third-order valence-electron chi connectivity index (χ3n) is 2.91. The number of amides is 1. The molecule has 1 amide bonds. The van der Waals surface area contributed by atoms with Crippen LogP contribution < -0.4 is 5.32 Å². The molecule has 7 heteroatoms. The minimum absolute atomic E-state index is 0.0443. The number of carbonyl (C=O) groups is 2. The summed E-state index contributed by atoms with van der Waals surface area (Å²) < 4.78 is 18.2. The van der Waals surface area contributed by atoms with Gasteiger partial charge in [-0.25, -0.2) is 9.18 Å². The Morgan fingerprint density at radius 2 is 2.05 bits per heavy atom. The van der Waals surface area contributed by atoms with Crippen molar-refractivity contribution in [2.45, 2.75) is 25.6 Å². The van der Waals surface area contributed by atoms with Crippen LogP contribution >= 0.6 is 0 Å². The fourth-order valence-corrected chi connectivity index (χ4v) is 1.78. The van der Waals surface area contributed by atoms with Crippen LogP contribution in [-0.4, -0.2) is 41.8 Å². The van der Waals surface area contributed by atoms with Gasteiger partial charge in [0.15, 0.2) is 0 Å². The molecule has 0 bridgehead atoms. The van der Waals surface area contributed by atoms with E-state index < -0.39 is 24.0 Å². The second-order valence-electron chi connectivity index (χ2n) is 4.51. The maximum atomic E-state index is 13.7. The number of nitrogens with one attached hydrogen (secondary N) is 1. The number of benzene rings is 1. The van der Waals surface area contributed by atoms with Crippen molar-refractivity contribution in [1.29, 1.82) is 0 Å². The van der Waals surface area contributed by atoms with Gasteiger partial charge in [-0.1, -0.05) is 0 Å². The zero-order valence-corrected chi connectivity index (χ0v) is 11.8. The highest BCUT2D eigenvalue weighted by Crippen LogP contribution is 2.23. The average Bonchev–Trinajstić information content (AvgIpc) is 2.45. The SMILES string of the molecule is COC(=O)c1ccc(F)c(C(O)C(O)CCNC(C)=O)c1. The van der Waals surface area contributed by atoms with Crippen molar-refractivity contribution in [3.8, 4) is 0 Å². The zero-order chi connectivity index (χ0) is 16.0. The standard InChI is InChI=1S/C14H18FNO5/c1-8(17)16-6-5-12(18)13(19)10-7-9(14(20)21-2)3-4-11(10)15/h3-4,7,12-13,18-19H,5-6H2,1-2H3,(H,16,17). The van der Waals surface area contributed by atoms with E-state index in [2.05, 4.69) is 10.1 Å². The summed E-state index contributed by atoms with van der Waals surface area (Å²) in [5.41, 5.74) is -0.129. The number of carbonyl (C=O) groups excluding carboxylic acids is 2. The van der Waals surface area contributed by atoms with Gasteiger partial charge >= 0.3 is 5.97 Å². The van der Waals surface area contributed by atoms with E-state index in [-0.39, 0.29) is 30.0 Å². The number of rotatable bonds is 6. The van der Waals surface area contributed by atoms with Crippen molar-refractivity contribution in [1.82, 2.24) is 5.32 Å². The summed E-state index contributed by atoms with van der Waals surface area (Å²) in [5, 5.41) is 22.2. The van der Waals surface area contributed by atoms with Crippen LogP contribution in [-0.2, 0) is 9.53 Å². The minimum atomic E-state index is -1.51. The third kappa shape index (κ3) is 4.80. The van der Waals surface area contributed by atoms with Gasteiger partial charge in [-0.05, 0) is 24.6 Å². The monoisotopic (exact) mass is 299 g/mol. The predicted octanol–water partition coefficient (Wildman–Crippen LogP) is 0.533. The molecule has 2 unspecified atom stereocenters. The van der Waals surface area contributed by atoms with E-state index >= 15 is 0 Å². The highest BCUT2D eigenvalue weighted by molar-refractivity contribution is 5.89. The zero-order valence-electron chi connectivity index (χ0n) is 11.8. The van der Waals surface area contributed by atoms with Crippen LogP contribution in [0.2, 0.25) is 0 Å². The quantitative estimate of drug-likeness (QED) is 0.666. The summed E-state index contributed by atoms with van der Waals surface area (Å²) in [5.74, 6) is -1.68. The summed E-state index contributed by atoms with van der Waals surface area (Å²) in [6, 6.07) is 3.37. The van der Waals surface area contributed by atoms with Gasteiger partial charge in [-0.2, -0.15) is 0 Å². The first kappa shape index (κ1) is 17.1. The van der Waals surface area contributed by atoms with Crippen molar-refractivity contribution in [2.24, 2.45) is 0 Å². The van der Waals surface area contributed by atoms with E-state index in [1.165, 1.54) is 20.1 Å². The van der Waals surface area contributed by atoms with Crippen molar-refractivity contribution in [2.75, 3.05) is 13.7 Å². The Hall–Kier alpha value is -1.99. The molecule has 0 fully saturated rings. The number of aliphatic hydroxyl groups excluding tert-OH is 2. The molecular weight excluding hydrogens is 281 g/mol. The Kier molecular flexibility index (Phi) is 6.26. The van der Waals surface area contributed by atoms with Gasteiger partial charge in [0.05, 0.1) is 18.8 Å². The lowest BCUT2D eigenvalue weighted by Crippen LogP contribution is -2.28. The van der Waals surface area contributed by atoms with Gasteiger partial charge in [0, 0.05) is 19.0 Å². The van der Waals surface area contributed by atoms with E-state index in [4.69, 9.17) is 0 Å². The number of methoxy groups -OCH3 is 1. The third-order valence-corrected chi connectivity index (χ3v) is 2.91. The number of hydrogen-bond donors (Lipinski definition) is 3. The molecule has 0 aliphatic carbocycles. The first-order valence-electron chi connectivity index (χ1n) is 6.35. The van der Waals surface area contributed by atoms with Gasteiger partial charge in [0.1, 0.15) is 11.9 Å². The topological polar surface area (TPSA) is 95.9 Å². The minimum Gasteiger partial charge on any atom is -0.465 e. The van der Waals surface area contributed by atoms with Crippen LogP contribution in [0.25, 0.3) is 0 Å². The Morgan fingerprint density at radius 3 is 2.62 bits per heavy atom. The summed E-state index contributed by atoms with van der Waals surface area (Å²) in [7, 11) is 1.18. The molecule has 0 radical (unpaired) electrons. The van der Waals surface area contributed by atoms with Gasteiger partial charge in [0.25, 0.3) is 0 Å². The molecule has 21 heavy (non-hydrogen) atoms. The number of esters is 1. The van der Waals surface area contributed by atoms with Gasteiger partial charge in [-0.15, -0.1) is 0 Å². The smallest absolute Gasteiger partial charge is 0.337 e. The number of ether oxygens (including phenoxy) is 1. The van der Waals surface area contributed by atoms with Crippen molar-refractivity contribution in [3.05, 3.63) is 35.1 Å². The molecule has 2 atom stereocenters. The molecule has 0 heterocycles. The highest BCUT2D eigenvalue weighted by atomic mass is 19.1. The fourth-order valence-electron chi connectivity index (χ4n) is 1.78. The van der Waals surface area contributed by atoms with Crippen molar-refractivity contribution < 1.29 is 28.9 Å².